The van der Waals surface area contributed by atoms with Crippen molar-refractivity contribution in [1.82, 2.24) is 0 Å². The number of methoxy groups -OCH3 is 1. The number of halogens is 1. The number of nitrogens with zero attached hydrogens (tertiary/aromatic N) is 1. The number of hydrogen-bond donors (Lipinski definition) is 0. The molecule has 1 saturated carbocycles. The predicted octanol–water partition coefficient (Wildman–Crippen LogP) is 6.08. The minimum absolute atomic E-state index is 0.0122. The summed E-state index contributed by atoms with van der Waals surface area (Å²) in [4.78, 5) is 13.6. The maximum absolute atomic E-state index is 13.6. The molecule has 0 heterocycles. The Bertz CT molecular complexity index is 1030. The fraction of sp³-hybridized carbons (Fsp3) is 0.407. The van der Waals surface area contributed by atoms with E-state index in [0.717, 1.165) is 42.4 Å². The van der Waals surface area contributed by atoms with Gasteiger partial charge in [-0.05, 0) is 48.6 Å². The summed E-state index contributed by atoms with van der Waals surface area (Å²) in [6.45, 7) is -0.100. The SMILES string of the molecule is COc1cccc(C2CC(c3ccc(F)cc3)C=C2C(=O)C2CCCCC2)c1OCC#N. The van der Waals surface area contributed by atoms with E-state index in [4.69, 9.17) is 14.7 Å². The van der Waals surface area contributed by atoms with Crippen LogP contribution in [-0.2, 0) is 4.79 Å². The number of ketones is 1. The Hall–Kier alpha value is -3.13. The lowest BCUT2D eigenvalue weighted by molar-refractivity contribution is -0.120. The largest absolute Gasteiger partial charge is 0.493 e. The van der Waals surface area contributed by atoms with Crippen LogP contribution in [-0.4, -0.2) is 19.5 Å². The smallest absolute Gasteiger partial charge is 0.174 e. The highest BCUT2D eigenvalue weighted by Crippen LogP contribution is 2.49. The van der Waals surface area contributed by atoms with Crippen LogP contribution in [0.5, 0.6) is 11.5 Å². The number of Topliss-reactive ketones (excluding diaryl/α,β-unsaturated/α-hetero) is 1. The normalized spacial score (nSPS) is 21.0. The summed E-state index contributed by atoms with van der Waals surface area (Å²) in [5.41, 5.74) is 2.66. The highest BCUT2D eigenvalue weighted by atomic mass is 19.1. The minimum Gasteiger partial charge on any atom is -0.493 e. The maximum atomic E-state index is 13.6. The van der Waals surface area contributed by atoms with Gasteiger partial charge >= 0.3 is 0 Å². The summed E-state index contributed by atoms with van der Waals surface area (Å²) < 4.78 is 24.8. The number of carbonyl (C=O) groups excluding carboxylic acids is 1. The minimum atomic E-state index is -0.272. The molecule has 5 heteroatoms. The van der Waals surface area contributed by atoms with E-state index < -0.39 is 0 Å². The third-order valence-corrected chi connectivity index (χ3v) is 6.69. The molecule has 2 atom stereocenters. The lowest BCUT2D eigenvalue weighted by Gasteiger charge is -2.25. The van der Waals surface area contributed by atoms with Crippen molar-refractivity contribution in [2.45, 2.75) is 50.4 Å². The Balaban J connectivity index is 1.74. The van der Waals surface area contributed by atoms with Gasteiger partial charge in [0.25, 0.3) is 0 Å². The van der Waals surface area contributed by atoms with Gasteiger partial charge in [0.2, 0.25) is 0 Å². The molecule has 2 aromatic carbocycles. The van der Waals surface area contributed by atoms with Crippen molar-refractivity contribution in [1.29, 1.82) is 5.26 Å². The van der Waals surface area contributed by atoms with E-state index in [9.17, 15) is 9.18 Å². The average Bonchev–Trinajstić information content (AvgIpc) is 3.28. The van der Waals surface area contributed by atoms with Gasteiger partial charge in [-0.25, -0.2) is 4.39 Å². The van der Waals surface area contributed by atoms with E-state index in [1.165, 1.54) is 18.6 Å². The Morgan fingerprint density at radius 3 is 2.56 bits per heavy atom. The first-order valence-electron chi connectivity index (χ1n) is 11.3. The molecule has 0 saturated heterocycles. The van der Waals surface area contributed by atoms with Gasteiger partial charge in [0, 0.05) is 23.3 Å². The third kappa shape index (κ3) is 4.55. The van der Waals surface area contributed by atoms with Gasteiger partial charge in [-0.15, -0.1) is 0 Å². The summed E-state index contributed by atoms with van der Waals surface area (Å²) in [5, 5.41) is 9.06. The topological polar surface area (TPSA) is 59.3 Å². The number of para-hydroxylation sites is 1. The number of rotatable bonds is 7. The van der Waals surface area contributed by atoms with Crippen LogP contribution < -0.4 is 9.47 Å². The van der Waals surface area contributed by atoms with Gasteiger partial charge in [0.05, 0.1) is 7.11 Å². The first-order chi connectivity index (χ1) is 15.6. The van der Waals surface area contributed by atoms with Crippen LogP contribution in [0.2, 0.25) is 0 Å². The molecule has 1 fully saturated rings. The van der Waals surface area contributed by atoms with Gasteiger partial charge in [-0.2, -0.15) is 5.26 Å². The Morgan fingerprint density at radius 2 is 1.88 bits per heavy atom. The molecule has 2 aliphatic carbocycles. The molecule has 0 aliphatic heterocycles. The van der Waals surface area contributed by atoms with E-state index in [2.05, 4.69) is 6.08 Å². The third-order valence-electron chi connectivity index (χ3n) is 6.69. The van der Waals surface area contributed by atoms with Crippen molar-refractivity contribution < 1.29 is 18.7 Å². The zero-order valence-electron chi connectivity index (χ0n) is 18.4. The van der Waals surface area contributed by atoms with Gasteiger partial charge in [0.15, 0.2) is 23.9 Å². The zero-order chi connectivity index (χ0) is 22.5. The quantitative estimate of drug-likeness (QED) is 0.531. The second-order valence-electron chi connectivity index (χ2n) is 8.59. The van der Waals surface area contributed by atoms with Gasteiger partial charge < -0.3 is 9.47 Å². The molecule has 166 valence electrons. The fourth-order valence-electron chi connectivity index (χ4n) is 5.10. The van der Waals surface area contributed by atoms with Crippen molar-refractivity contribution in [2.24, 2.45) is 5.92 Å². The summed E-state index contributed by atoms with van der Waals surface area (Å²) >= 11 is 0. The van der Waals surface area contributed by atoms with Crippen LogP contribution in [0.25, 0.3) is 0 Å². The average molecular weight is 434 g/mol. The summed E-state index contributed by atoms with van der Waals surface area (Å²) in [6.07, 6.45) is 7.99. The van der Waals surface area contributed by atoms with Gasteiger partial charge in [0.1, 0.15) is 11.9 Å². The highest BCUT2D eigenvalue weighted by molar-refractivity contribution is 5.99. The molecule has 2 aromatic rings. The number of ether oxygens (including phenoxy) is 2. The van der Waals surface area contributed by atoms with Crippen molar-refractivity contribution in [3.05, 3.63) is 71.1 Å². The highest BCUT2D eigenvalue weighted by Gasteiger charge is 2.37. The van der Waals surface area contributed by atoms with Gasteiger partial charge in [-0.1, -0.05) is 49.6 Å². The lowest BCUT2D eigenvalue weighted by Crippen LogP contribution is -2.21. The van der Waals surface area contributed by atoms with E-state index in [-0.39, 0.29) is 36.0 Å². The van der Waals surface area contributed by atoms with E-state index in [0.29, 0.717) is 17.9 Å². The molecule has 2 aliphatic rings. The number of carbonyl (C=O) groups is 1. The van der Waals surface area contributed by atoms with Crippen LogP contribution >= 0.6 is 0 Å². The molecule has 0 aromatic heterocycles. The first-order valence-corrected chi connectivity index (χ1v) is 11.3. The van der Waals surface area contributed by atoms with E-state index in [1.807, 2.05) is 18.2 Å². The van der Waals surface area contributed by atoms with Crippen LogP contribution in [0.1, 0.15) is 61.5 Å². The molecule has 0 radical (unpaired) electrons. The lowest BCUT2D eigenvalue weighted by atomic mass is 9.79. The summed E-state index contributed by atoms with van der Waals surface area (Å²) in [5.74, 6) is 0.912. The molecular formula is C27H28FNO3. The van der Waals surface area contributed by atoms with E-state index in [1.54, 1.807) is 25.3 Å². The summed E-state index contributed by atoms with van der Waals surface area (Å²) in [7, 11) is 1.57. The first kappa shape index (κ1) is 22.1. The molecule has 0 spiro atoms. The molecule has 4 nitrogen and oxygen atoms in total. The standard InChI is InChI=1S/C27H28FNO3/c1-31-25-9-5-8-22(27(25)32-15-14-29)23-16-20(18-10-12-21(28)13-11-18)17-24(23)26(30)19-6-3-2-4-7-19/h5,8-13,17,19-20,23H,2-4,6-7,15-16H2,1H3. The number of hydrogen-bond acceptors (Lipinski definition) is 4. The molecule has 0 N–H and O–H groups in total. The molecule has 2 unspecified atom stereocenters. The zero-order valence-corrected chi connectivity index (χ0v) is 18.4. The number of benzene rings is 2. The fourth-order valence-corrected chi connectivity index (χ4v) is 5.10. The van der Waals surface area contributed by atoms with Gasteiger partial charge in [-0.3, -0.25) is 4.79 Å². The van der Waals surface area contributed by atoms with Crippen LogP contribution in [0, 0.1) is 23.1 Å². The molecule has 0 amide bonds. The molecule has 32 heavy (non-hydrogen) atoms. The van der Waals surface area contributed by atoms with E-state index >= 15 is 0 Å². The predicted molar refractivity (Wildman–Crippen MR) is 120 cm³/mol. The van der Waals surface area contributed by atoms with Crippen molar-refractivity contribution >= 4 is 5.78 Å². The number of allylic oxidation sites excluding steroid dienone is 2. The number of nitriles is 1. The Labute approximate surface area is 188 Å². The van der Waals surface area contributed by atoms with Crippen molar-refractivity contribution in [3.8, 4) is 17.6 Å². The Morgan fingerprint density at radius 1 is 1.12 bits per heavy atom. The van der Waals surface area contributed by atoms with Crippen molar-refractivity contribution in [3.63, 3.8) is 0 Å². The van der Waals surface area contributed by atoms with Crippen LogP contribution in [0.4, 0.5) is 4.39 Å². The molecule has 4 rings (SSSR count). The van der Waals surface area contributed by atoms with Crippen LogP contribution in [0.3, 0.4) is 0 Å². The second-order valence-corrected chi connectivity index (χ2v) is 8.59. The Kier molecular flexibility index (Phi) is 6.90. The second kappa shape index (κ2) is 9.99. The summed E-state index contributed by atoms with van der Waals surface area (Å²) in [6, 6.07) is 14.2. The monoisotopic (exact) mass is 433 g/mol. The molecule has 0 bridgehead atoms. The van der Waals surface area contributed by atoms with Crippen LogP contribution in [0.15, 0.2) is 54.1 Å². The maximum Gasteiger partial charge on any atom is 0.174 e. The molecular weight excluding hydrogens is 405 g/mol. The van der Waals surface area contributed by atoms with Crippen molar-refractivity contribution in [2.75, 3.05) is 13.7 Å².